The number of pyridine rings is 1. The average Bonchev–Trinajstić information content (AvgIpc) is 2.91. The minimum absolute atomic E-state index is 0.0857. The third kappa shape index (κ3) is 3.32. The van der Waals surface area contributed by atoms with Gasteiger partial charge in [0.1, 0.15) is 5.69 Å². The van der Waals surface area contributed by atoms with Gasteiger partial charge in [0.05, 0.1) is 11.9 Å². The fourth-order valence-electron chi connectivity index (χ4n) is 1.68. The van der Waals surface area contributed by atoms with Crippen molar-refractivity contribution in [3.05, 3.63) is 46.4 Å². The van der Waals surface area contributed by atoms with E-state index in [4.69, 9.17) is 5.73 Å². The third-order valence-corrected chi connectivity index (χ3v) is 4.13. The van der Waals surface area contributed by atoms with Crippen LogP contribution in [0.5, 0.6) is 0 Å². The maximum atomic E-state index is 12.0. The van der Waals surface area contributed by atoms with Crippen molar-refractivity contribution in [2.45, 2.75) is 19.3 Å². The van der Waals surface area contributed by atoms with E-state index in [1.54, 1.807) is 23.5 Å². The van der Waals surface area contributed by atoms with Crippen molar-refractivity contribution in [3.63, 3.8) is 0 Å². The number of nitrogens with zero attached hydrogens (tertiary/aromatic N) is 1. The highest BCUT2D eigenvalue weighted by Crippen LogP contribution is 2.26. The van der Waals surface area contributed by atoms with Crippen molar-refractivity contribution >= 4 is 22.9 Å². The van der Waals surface area contributed by atoms with Crippen LogP contribution in [-0.2, 0) is 5.41 Å². The lowest BCUT2D eigenvalue weighted by Gasteiger charge is -2.23. The molecule has 0 aromatic carbocycles. The standard InChI is InChI=1S/C14H17N3OS/c1-14(2,12-4-3-7-19-12)9-17-13(18)11-6-5-10(15)8-16-11/h3-8H,9,15H2,1-2H3,(H,17,18). The highest BCUT2D eigenvalue weighted by molar-refractivity contribution is 7.10. The molecule has 3 N–H and O–H groups in total. The first-order valence-corrected chi connectivity index (χ1v) is 6.91. The fourth-order valence-corrected chi connectivity index (χ4v) is 2.53. The Bertz CT molecular complexity index is 547. The van der Waals surface area contributed by atoms with Gasteiger partial charge in [0.2, 0.25) is 0 Å². The first kappa shape index (κ1) is 13.5. The predicted molar refractivity (Wildman–Crippen MR) is 78.3 cm³/mol. The molecule has 0 radical (unpaired) electrons. The van der Waals surface area contributed by atoms with E-state index in [-0.39, 0.29) is 11.3 Å². The van der Waals surface area contributed by atoms with Gasteiger partial charge in [0.25, 0.3) is 5.91 Å². The number of hydrogen-bond donors (Lipinski definition) is 2. The zero-order chi connectivity index (χ0) is 13.9. The molecule has 5 heteroatoms. The van der Waals surface area contributed by atoms with Gasteiger partial charge in [0.15, 0.2) is 0 Å². The van der Waals surface area contributed by atoms with E-state index >= 15 is 0 Å². The summed E-state index contributed by atoms with van der Waals surface area (Å²) in [5.41, 5.74) is 6.39. The summed E-state index contributed by atoms with van der Waals surface area (Å²) in [4.78, 5) is 17.2. The highest BCUT2D eigenvalue weighted by atomic mass is 32.1. The minimum atomic E-state index is -0.176. The van der Waals surface area contributed by atoms with E-state index in [0.717, 1.165) is 0 Å². The van der Waals surface area contributed by atoms with Crippen LogP contribution in [-0.4, -0.2) is 17.4 Å². The number of rotatable bonds is 4. The lowest BCUT2D eigenvalue weighted by atomic mass is 9.91. The van der Waals surface area contributed by atoms with Gasteiger partial charge in [-0.2, -0.15) is 0 Å². The van der Waals surface area contributed by atoms with Crippen LogP contribution in [0.1, 0.15) is 29.2 Å². The number of amides is 1. The molecule has 2 heterocycles. The van der Waals surface area contributed by atoms with Crippen LogP contribution in [0.2, 0.25) is 0 Å². The van der Waals surface area contributed by atoms with Gasteiger partial charge in [-0.1, -0.05) is 19.9 Å². The number of carbonyl (C=O) groups is 1. The normalized spacial score (nSPS) is 11.3. The maximum absolute atomic E-state index is 12.0. The summed E-state index contributed by atoms with van der Waals surface area (Å²) in [6.07, 6.45) is 1.49. The SMILES string of the molecule is CC(C)(CNC(=O)c1ccc(N)cn1)c1cccs1. The van der Waals surface area contributed by atoms with Crippen molar-refractivity contribution in [1.29, 1.82) is 0 Å². The molecule has 0 atom stereocenters. The molecule has 2 aromatic rings. The zero-order valence-corrected chi connectivity index (χ0v) is 11.8. The first-order valence-electron chi connectivity index (χ1n) is 6.03. The van der Waals surface area contributed by atoms with Crippen molar-refractivity contribution in [2.75, 3.05) is 12.3 Å². The van der Waals surface area contributed by atoms with E-state index in [1.165, 1.54) is 11.1 Å². The molecular weight excluding hydrogens is 258 g/mol. The summed E-state index contributed by atoms with van der Waals surface area (Å²) in [5.74, 6) is -0.176. The monoisotopic (exact) mass is 275 g/mol. The van der Waals surface area contributed by atoms with Gasteiger partial charge in [-0.3, -0.25) is 4.79 Å². The summed E-state index contributed by atoms with van der Waals surface area (Å²) in [5, 5.41) is 4.95. The van der Waals surface area contributed by atoms with Gasteiger partial charge in [-0.05, 0) is 23.6 Å². The van der Waals surface area contributed by atoms with Gasteiger partial charge >= 0.3 is 0 Å². The summed E-state index contributed by atoms with van der Waals surface area (Å²) in [6, 6.07) is 7.40. The molecule has 0 unspecified atom stereocenters. The molecule has 0 aliphatic carbocycles. The van der Waals surface area contributed by atoms with Crippen molar-refractivity contribution in [1.82, 2.24) is 10.3 Å². The van der Waals surface area contributed by atoms with Crippen LogP contribution in [0.4, 0.5) is 5.69 Å². The second kappa shape index (κ2) is 5.40. The second-order valence-corrected chi connectivity index (χ2v) is 5.97. The molecule has 0 spiro atoms. The first-order chi connectivity index (χ1) is 8.99. The number of hydrogen-bond acceptors (Lipinski definition) is 4. The lowest BCUT2D eigenvalue weighted by molar-refractivity contribution is 0.0941. The molecule has 0 aliphatic rings. The van der Waals surface area contributed by atoms with E-state index in [0.29, 0.717) is 17.9 Å². The van der Waals surface area contributed by atoms with Crippen LogP contribution in [0.25, 0.3) is 0 Å². The molecule has 4 nitrogen and oxygen atoms in total. The molecule has 19 heavy (non-hydrogen) atoms. The smallest absolute Gasteiger partial charge is 0.269 e. The topological polar surface area (TPSA) is 68.0 Å². The summed E-state index contributed by atoms with van der Waals surface area (Å²) >= 11 is 1.70. The Morgan fingerprint density at radius 1 is 1.42 bits per heavy atom. The molecule has 0 fully saturated rings. The molecular formula is C14H17N3OS. The number of carbonyl (C=O) groups excluding carboxylic acids is 1. The van der Waals surface area contributed by atoms with Crippen LogP contribution >= 0.6 is 11.3 Å². The number of aromatic nitrogens is 1. The Hall–Kier alpha value is -1.88. The van der Waals surface area contributed by atoms with Gasteiger partial charge in [-0.15, -0.1) is 11.3 Å². The van der Waals surface area contributed by atoms with E-state index < -0.39 is 0 Å². The summed E-state index contributed by atoms with van der Waals surface area (Å²) in [7, 11) is 0. The molecule has 1 amide bonds. The van der Waals surface area contributed by atoms with Crippen LogP contribution in [0, 0.1) is 0 Å². The number of thiophene rings is 1. The third-order valence-electron chi connectivity index (χ3n) is 2.90. The number of nitrogens with one attached hydrogen (secondary N) is 1. The quantitative estimate of drug-likeness (QED) is 0.900. The number of nitrogen functional groups attached to an aromatic ring is 1. The molecule has 0 aliphatic heterocycles. The summed E-state index contributed by atoms with van der Waals surface area (Å²) < 4.78 is 0. The fraction of sp³-hybridized carbons (Fsp3) is 0.286. The van der Waals surface area contributed by atoms with E-state index in [9.17, 15) is 4.79 Å². The van der Waals surface area contributed by atoms with Crippen molar-refractivity contribution in [2.24, 2.45) is 0 Å². The van der Waals surface area contributed by atoms with Crippen molar-refractivity contribution in [3.8, 4) is 0 Å². The number of nitrogens with two attached hydrogens (primary N) is 1. The van der Waals surface area contributed by atoms with Gasteiger partial charge in [-0.25, -0.2) is 4.98 Å². The van der Waals surface area contributed by atoms with Crippen LogP contribution < -0.4 is 11.1 Å². The number of anilines is 1. The molecule has 100 valence electrons. The summed E-state index contributed by atoms with van der Waals surface area (Å²) in [6.45, 7) is 4.78. The van der Waals surface area contributed by atoms with E-state index in [1.807, 2.05) is 11.4 Å². The molecule has 0 bridgehead atoms. The highest BCUT2D eigenvalue weighted by Gasteiger charge is 2.22. The molecule has 0 saturated carbocycles. The Balaban J connectivity index is 1.99. The van der Waals surface area contributed by atoms with Crippen molar-refractivity contribution < 1.29 is 4.79 Å². The Morgan fingerprint density at radius 3 is 2.79 bits per heavy atom. The molecule has 2 rings (SSSR count). The predicted octanol–water partition coefficient (Wildman–Crippen LogP) is 2.43. The Labute approximate surface area is 116 Å². The van der Waals surface area contributed by atoms with Crippen LogP contribution in [0.3, 0.4) is 0 Å². The lowest BCUT2D eigenvalue weighted by Crippen LogP contribution is -2.36. The average molecular weight is 275 g/mol. The minimum Gasteiger partial charge on any atom is -0.397 e. The van der Waals surface area contributed by atoms with E-state index in [2.05, 4.69) is 30.2 Å². The Morgan fingerprint density at radius 2 is 2.21 bits per heavy atom. The zero-order valence-electron chi connectivity index (χ0n) is 11.0. The maximum Gasteiger partial charge on any atom is 0.269 e. The largest absolute Gasteiger partial charge is 0.397 e. The van der Waals surface area contributed by atoms with Gasteiger partial charge < -0.3 is 11.1 Å². The molecule has 0 saturated heterocycles. The molecule has 2 aromatic heterocycles. The Kier molecular flexibility index (Phi) is 3.85. The van der Waals surface area contributed by atoms with Gasteiger partial charge in [0, 0.05) is 16.8 Å². The van der Waals surface area contributed by atoms with Crippen LogP contribution in [0.15, 0.2) is 35.8 Å². The second-order valence-electron chi connectivity index (χ2n) is 5.02.